The Morgan fingerprint density at radius 1 is 1.27 bits per heavy atom. The molecule has 1 N–H and O–H groups in total. The van der Waals surface area contributed by atoms with Gasteiger partial charge in [-0.1, -0.05) is 6.07 Å². The summed E-state index contributed by atoms with van der Waals surface area (Å²) in [6, 6.07) is 5.94. The number of H-pyrrole nitrogens is 1. The Kier molecular flexibility index (Phi) is 2.53. The average molecular weight is 222 g/mol. The molecule has 0 saturated heterocycles. The highest BCUT2D eigenvalue weighted by Gasteiger charge is 2.04. The molecule has 0 atom stereocenters. The van der Waals surface area contributed by atoms with Crippen molar-refractivity contribution in [3.8, 4) is 0 Å². The lowest BCUT2D eigenvalue weighted by atomic mass is 10.1. The Morgan fingerprint density at radius 2 is 2.00 bits per heavy atom. The lowest BCUT2D eigenvalue weighted by molar-refractivity contribution is 1.20. The summed E-state index contributed by atoms with van der Waals surface area (Å²) in [7, 11) is 0. The molecular formula is C12H12ClNO. The lowest BCUT2D eigenvalue weighted by Gasteiger charge is -2.05. The van der Waals surface area contributed by atoms with Crippen LogP contribution in [0.3, 0.4) is 0 Å². The molecule has 2 aromatic rings. The number of nitrogens with one attached hydrogen (secondary N) is 1. The van der Waals surface area contributed by atoms with E-state index < -0.39 is 0 Å². The predicted molar refractivity (Wildman–Crippen MR) is 63.6 cm³/mol. The molecule has 3 heteroatoms. The molecule has 2 rings (SSSR count). The third kappa shape index (κ3) is 1.77. The number of aromatic nitrogens is 1. The molecule has 0 aliphatic carbocycles. The van der Waals surface area contributed by atoms with Gasteiger partial charge in [-0.3, -0.25) is 4.79 Å². The van der Waals surface area contributed by atoms with Crippen molar-refractivity contribution < 1.29 is 0 Å². The Bertz CT molecular complexity index is 572. The number of aryl methyl sites for hydroxylation is 2. The molecule has 1 heterocycles. The Labute approximate surface area is 92.9 Å². The van der Waals surface area contributed by atoms with Crippen LogP contribution < -0.4 is 5.56 Å². The number of aromatic amines is 1. The highest BCUT2D eigenvalue weighted by Crippen LogP contribution is 2.18. The number of pyridine rings is 1. The van der Waals surface area contributed by atoms with Crippen LogP contribution in [0.2, 0.25) is 0 Å². The standard InChI is InChI=1S/C12H12ClNO/c1-7-3-8(2)10-5-9(6-13)12(15)14-11(10)4-7/h3-5H,6H2,1-2H3,(H,14,15). The monoisotopic (exact) mass is 221 g/mol. The molecule has 0 unspecified atom stereocenters. The second kappa shape index (κ2) is 3.70. The van der Waals surface area contributed by atoms with Gasteiger partial charge in [-0.05, 0) is 37.1 Å². The Balaban J connectivity index is 2.87. The van der Waals surface area contributed by atoms with Crippen molar-refractivity contribution >= 4 is 22.5 Å². The molecule has 0 aliphatic rings. The van der Waals surface area contributed by atoms with Crippen LogP contribution in [-0.4, -0.2) is 4.98 Å². The van der Waals surface area contributed by atoms with Crippen molar-refractivity contribution in [1.29, 1.82) is 0 Å². The first-order valence-corrected chi connectivity index (χ1v) is 5.34. The Morgan fingerprint density at radius 3 is 2.67 bits per heavy atom. The summed E-state index contributed by atoms with van der Waals surface area (Å²) in [4.78, 5) is 14.4. The van der Waals surface area contributed by atoms with Gasteiger partial charge in [0.25, 0.3) is 5.56 Å². The molecule has 0 aliphatic heterocycles. The molecule has 0 amide bonds. The molecule has 0 radical (unpaired) electrons. The molecule has 0 bridgehead atoms. The predicted octanol–water partition coefficient (Wildman–Crippen LogP) is 2.88. The molecule has 2 nitrogen and oxygen atoms in total. The first-order valence-electron chi connectivity index (χ1n) is 4.81. The van der Waals surface area contributed by atoms with Crippen molar-refractivity contribution in [3.05, 3.63) is 45.2 Å². The summed E-state index contributed by atoms with van der Waals surface area (Å²) in [5, 5.41) is 1.07. The minimum absolute atomic E-state index is 0.0949. The lowest BCUT2D eigenvalue weighted by Crippen LogP contribution is -2.11. The van der Waals surface area contributed by atoms with E-state index in [4.69, 9.17) is 11.6 Å². The van der Waals surface area contributed by atoms with Crippen molar-refractivity contribution in [3.63, 3.8) is 0 Å². The molecular weight excluding hydrogens is 210 g/mol. The maximum absolute atomic E-state index is 11.5. The van der Waals surface area contributed by atoms with Crippen LogP contribution in [-0.2, 0) is 5.88 Å². The van der Waals surface area contributed by atoms with E-state index in [0.29, 0.717) is 5.56 Å². The van der Waals surface area contributed by atoms with Gasteiger partial charge in [0.2, 0.25) is 0 Å². The maximum atomic E-state index is 11.5. The molecule has 1 aromatic heterocycles. The highest BCUT2D eigenvalue weighted by atomic mass is 35.5. The van der Waals surface area contributed by atoms with Gasteiger partial charge < -0.3 is 4.98 Å². The SMILES string of the molecule is Cc1cc(C)c2cc(CCl)c(=O)[nH]c2c1. The van der Waals surface area contributed by atoms with Crippen molar-refractivity contribution in [1.82, 2.24) is 4.98 Å². The number of fused-ring (bicyclic) bond motifs is 1. The summed E-state index contributed by atoms with van der Waals surface area (Å²) in [6.07, 6.45) is 0. The van der Waals surface area contributed by atoms with Crippen LogP contribution in [0.15, 0.2) is 23.0 Å². The van der Waals surface area contributed by atoms with Crippen LogP contribution in [0.4, 0.5) is 0 Å². The number of halogens is 1. The number of rotatable bonds is 1. The molecule has 0 spiro atoms. The smallest absolute Gasteiger partial charge is 0.252 e. The molecule has 15 heavy (non-hydrogen) atoms. The second-order valence-electron chi connectivity index (χ2n) is 3.80. The average Bonchev–Trinajstić information content (AvgIpc) is 2.16. The van der Waals surface area contributed by atoms with E-state index in [-0.39, 0.29) is 11.4 Å². The second-order valence-corrected chi connectivity index (χ2v) is 4.07. The minimum atomic E-state index is -0.0949. The van der Waals surface area contributed by atoms with Crippen LogP contribution in [0, 0.1) is 13.8 Å². The first kappa shape index (κ1) is 10.2. The van der Waals surface area contributed by atoms with E-state index in [1.165, 1.54) is 0 Å². The van der Waals surface area contributed by atoms with E-state index in [0.717, 1.165) is 22.0 Å². The quantitative estimate of drug-likeness (QED) is 0.738. The van der Waals surface area contributed by atoms with E-state index in [9.17, 15) is 4.79 Å². The summed E-state index contributed by atoms with van der Waals surface area (Å²) in [5.41, 5.74) is 3.71. The largest absolute Gasteiger partial charge is 0.322 e. The third-order valence-corrected chi connectivity index (χ3v) is 2.82. The summed E-state index contributed by atoms with van der Waals surface area (Å²) in [6.45, 7) is 4.05. The van der Waals surface area contributed by atoms with Crippen molar-refractivity contribution in [2.75, 3.05) is 0 Å². The number of alkyl halides is 1. The van der Waals surface area contributed by atoms with Gasteiger partial charge in [0.1, 0.15) is 0 Å². The van der Waals surface area contributed by atoms with Crippen molar-refractivity contribution in [2.45, 2.75) is 19.7 Å². The maximum Gasteiger partial charge on any atom is 0.252 e. The van der Waals surface area contributed by atoms with Gasteiger partial charge >= 0.3 is 0 Å². The van der Waals surface area contributed by atoms with Crippen LogP contribution in [0.25, 0.3) is 10.9 Å². The van der Waals surface area contributed by atoms with Gasteiger partial charge in [0.15, 0.2) is 0 Å². The van der Waals surface area contributed by atoms with Crippen LogP contribution in [0.1, 0.15) is 16.7 Å². The van der Waals surface area contributed by atoms with E-state index in [1.54, 1.807) is 0 Å². The molecule has 78 valence electrons. The fourth-order valence-electron chi connectivity index (χ4n) is 1.82. The van der Waals surface area contributed by atoms with E-state index >= 15 is 0 Å². The number of hydrogen-bond donors (Lipinski definition) is 1. The number of benzene rings is 1. The molecule has 1 aromatic carbocycles. The van der Waals surface area contributed by atoms with E-state index in [1.807, 2.05) is 26.0 Å². The summed E-state index contributed by atoms with van der Waals surface area (Å²) >= 11 is 5.70. The van der Waals surface area contributed by atoms with Gasteiger partial charge in [0.05, 0.1) is 5.88 Å². The normalized spacial score (nSPS) is 10.9. The third-order valence-electron chi connectivity index (χ3n) is 2.53. The minimum Gasteiger partial charge on any atom is -0.322 e. The van der Waals surface area contributed by atoms with Gasteiger partial charge in [-0.15, -0.1) is 11.6 Å². The van der Waals surface area contributed by atoms with E-state index in [2.05, 4.69) is 11.1 Å². The van der Waals surface area contributed by atoms with Gasteiger partial charge in [-0.2, -0.15) is 0 Å². The zero-order valence-corrected chi connectivity index (χ0v) is 9.48. The topological polar surface area (TPSA) is 32.9 Å². The Hall–Kier alpha value is -1.28. The zero-order chi connectivity index (χ0) is 11.0. The summed E-state index contributed by atoms with van der Waals surface area (Å²) in [5.74, 6) is 0.249. The summed E-state index contributed by atoms with van der Waals surface area (Å²) < 4.78 is 0. The first-order chi connectivity index (χ1) is 7.11. The fourth-order valence-corrected chi connectivity index (χ4v) is 2.01. The number of hydrogen-bond acceptors (Lipinski definition) is 1. The zero-order valence-electron chi connectivity index (χ0n) is 8.73. The van der Waals surface area contributed by atoms with Crippen LogP contribution in [0.5, 0.6) is 0 Å². The molecule has 0 saturated carbocycles. The van der Waals surface area contributed by atoms with Gasteiger partial charge in [-0.25, -0.2) is 0 Å². The van der Waals surface area contributed by atoms with Crippen molar-refractivity contribution in [2.24, 2.45) is 0 Å². The van der Waals surface area contributed by atoms with Crippen LogP contribution >= 0.6 is 11.6 Å². The van der Waals surface area contributed by atoms with Gasteiger partial charge in [0, 0.05) is 16.5 Å². The molecule has 0 fully saturated rings. The highest BCUT2D eigenvalue weighted by molar-refractivity contribution is 6.17. The fraction of sp³-hybridized carbons (Fsp3) is 0.250.